The Labute approximate surface area is 144 Å². The molecule has 0 amide bonds. The fraction of sp³-hybridized carbons (Fsp3) is 0.0588. The minimum Gasteiger partial charge on any atom is -0.310 e. The van der Waals surface area contributed by atoms with Crippen LogP contribution in [0.25, 0.3) is 22.0 Å². The number of nitrogens with zero attached hydrogens (tertiary/aromatic N) is 2. The zero-order valence-electron chi connectivity index (χ0n) is 12.0. The number of halogens is 1. The fourth-order valence-corrected chi connectivity index (χ4v) is 4.00. The molecule has 4 rings (SSSR count). The monoisotopic (exact) mass is 385 g/mol. The first-order valence-corrected chi connectivity index (χ1v) is 8.73. The number of aromatic amines is 1. The number of aromatic nitrogens is 3. The van der Waals surface area contributed by atoms with Crippen LogP contribution in [0.3, 0.4) is 0 Å². The molecule has 0 saturated carbocycles. The quantitative estimate of drug-likeness (QED) is 0.572. The highest BCUT2D eigenvalue weighted by Crippen LogP contribution is 2.24. The molecular formula is C17H12BrN3OS. The molecule has 114 valence electrons. The van der Waals surface area contributed by atoms with Gasteiger partial charge >= 0.3 is 0 Å². The summed E-state index contributed by atoms with van der Waals surface area (Å²) in [6.45, 7) is 0.579. The second-order valence-corrected chi connectivity index (χ2v) is 7.20. The van der Waals surface area contributed by atoms with E-state index in [9.17, 15) is 4.79 Å². The molecule has 0 bridgehead atoms. The molecule has 1 N–H and O–H groups in total. The predicted molar refractivity (Wildman–Crippen MR) is 96.9 cm³/mol. The second kappa shape index (κ2) is 5.79. The lowest BCUT2D eigenvalue weighted by Gasteiger charge is -2.07. The largest absolute Gasteiger partial charge is 0.310 e. The van der Waals surface area contributed by atoms with E-state index in [4.69, 9.17) is 0 Å². The van der Waals surface area contributed by atoms with Crippen LogP contribution in [0.2, 0.25) is 0 Å². The van der Waals surface area contributed by atoms with Gasteiger partial charge in [0.1, 0.15) is 0 Å². The van der Waals surface area contributed by atoms with Crippen LogP contribution in [0.5, 0.6) is 0 Å². The van der Waals surface area contributed by atoms with Gasteiger partial charge < -0.3 is 4.57 Å². The van der Waals surface area contributed by atoms with Crippen molar-refractivity contribution in [2.75, 3.05) is 0 Å². The van der Waals surface area contributed by atoms with Crippen LogP contribution < -0.4 is 5.56 Å². The van der Waals surface area contributed by atoms with Gasteiger partial charge in [-0.25, -0.2) is 0 Å². The molecule has 23 heavy (non-hydrogen) atoms. The summed E-state index contributed by atoms with van der Waals surface area (Å²) in [7, 11) is 0. The van der Waals surface area contributed by atoms with Crippen LogP contribution in [0.15, 0.2) is 63.4 Å². The molecule has 0 unspecified atom stereocenters. The van der Waals surface area contributed by atoms with Crippen molar-refractivity contribution < 1.29 is 0 Å². The molecule has 0 aliphatic rings. The molecule has 4 nitrogen and oxygen atoms in total. The van der Waals surface area contributed by atoms with Crippen LogP contribution in [0, 0.1) is 0 Å². The summed E-state index contributed by atoms with van der Waals surface area (Å²) >= 11 is 5.09. The number of thiophene rings is 1. The van der Waals surface area contributed by atoms with E-state index in [0.29, 0.717) is 6.54 Å². The number of rotatable bonds is 3. The lowest BCUT2D eigenvalue weighted by molar-refractivity contribution is 0.771. The molecular weight excluding hydrogens is 374 g/mol. The number of hydrogen-bond donors (Lipinski definition) is 1. The molecule has 3 heterocycles. The molecule has 0 aliphatic carbocycles. The Balaban J connectivity index is 1.74. The van der Waals surface area contributed by atoms with Crippen LogP contribution in [-0.2, 0) is 6.54 Å². The van der Waals surface area contributed by atoms with Gasteiger partial charge in [-0.05, 0) is 45.3 Å². The average molecular weight is 386 g/mol. The minimum absolute atomic E-state index is 0.000825. The first-order chi connectivity index (χ1) is 11.2. The topological polar surface area (TPSA) is 50.7 Å². The van der Waals surface area contributed by atoms with Crippen LogP contribution in [0.4, 0.5) is 0 Å². The predicted octanol–water partition coefficient (Wildman–Crippen LogP) is 4.26. The zero-order chi connectivity index (χ0) is 15.8. The van der Waals surface area contributed by atoms with E-state index in [-0.39, 0.29) is 5.56 Å². The minimum atomic E-state index is 0.000825. The molecule has 0 saturated heterocycles. The molecule has 0 radical (unpaired) electrons. The Morgan fingerprint density at radius 1 is 1.17 bits per heavy atom. The number of H-pyrrole nitrogens is 1. The normalized spacial score (nSPS) is 11.2. The average Bonchev–Trinajstić information content (AvgIpc) is 3.17. The van der Waals surface area contributed by atoms with E-state index < -0.39 is 0 Å². The maximum Gasteiger partial charge on any atom is 0.250 e. The van der Waals surface area contributed by atoms with Crippen molar-refractivity contribution in [2.24, 2.45) is 0 Å². The molecule has 6 heteroatoms. The van der Waals surface area contributed by atoms with Gasteiger partial charge in [-0.15, -0.1) is 11.3 Å². The smallest absolute Gasteiger partial charge is 0.250 e. The summed E-state index contributed by atoms with van der Waals surface area (Å²) in [6.07, 6.45) is 3.71. The van der Waals surface area contributed by atoms with Crippen molar-refractivity contribution in [3.63, 3.8) is 0 Å². The zero-order valence-corrected chi connectivity index (χ0v) is 14.4. The first-order valence-electron chi connectivity index (χ1n) is 7.06. The molecule has 0 atom stereocenters. The maximum absolute atomic E-state index is 12.1. The second-order valence-electron chi connectivity index (χ2n) is 5.29. The lowest BCUT2D eigenvalue weighted by atomic mass is 10.1. The van der Waals surface area contributed by atoms with Crippen molar-refractivity contribution in [3.8, 4) is 11.1 Å². The Hall–Kier alpha value is -2.18. The van der Waals surface area contributed by atoms with Gasteiger partial charge in [0.15, 0.2) is 0 Å². The van der Waals surface area contributed by atoms with E-state index in [1.54, 1.807) is 28.2 Å². The number of pyridine rings is 1. The number of fused-ring (bicyclic) bond motifs is 1. The van der Waals surface area contributed by atoms with E-state index in [1.807, 2.05) is 41.9 Å². The Morgan fingerprint density at radius 3 is 2.87 bits per heavy atom. The third kappa shape index (κ3) is 2.87. The van der Waals surface area contributed by atoms with Gasteiger partial charge in [-0.1, -0.05) is 12.1 Å². The lowest BCUT2D eigenvalue weighted by Crippen LogP contribution is -2.18. The third-order valence-corrected chi connectivity index (χ3v) is 5.39. The third-order valence-electron chi connectivity index (χ3n) is 3.71. The SMILES string of the molecule is O=c1ccc(-c2ccc3cn[nH]c3c2)cn1Cc1cc(Br)cs1. The van der Waals surface area contributed by atoms with Crippen molar-refractivity contribution in [1.29, 1.82) is 0 Å². The Morgan fingerprint density at radius 2 is 2.04 bits per heavy atom. The molecule has 1 aromatic carbocycles. The summed E-state index contributed by atoms with van der Waals surface area (Å²) in [5.41, 5.74) is 3.06. The molecule has 0 spiro atoms. The number of hydrogen-bond acceptors (Lipinski definition) is 3. The standard InChI is InChI=1S/C17H12BrN3OS/c18-14-6-15(23-10-14)9-21-8-13(3-4-17(21)22)11-1-2-12-7-19-20-16(12)5-11/h1-8,10H,9H2,(H,19,20). The molecule has 0 aliphatic heterocycles. The van der Waals surface area contributed by atoms with E-state index in [2.05, 4.69) is 26.1 Å². The van der Waals surface area contributed by atoms with E-state index in [0.717, 1.165) is 31.4 Å². The van der Waals surface area contributed by atoms with Crippen molar-refractivity contribution in [2.45, 2.75) is 6.54 Å². The van der Waals surface area contributed by atoms with Crippen molar-refractivity contribution >= 4 is 38.2 Å². The van der Waals surface area contributed by atoms with E-state index >= 15 is 0 Å². The van der Waals surface area contributed by atoms with Crippen LogP contribution >= 0.6 is 27.3 Å². The van der Waals surface area contributed by atoms with Crippen molar-refractivity contribution in [1.82, 2.24) is 14.8 Å². The van der Waals surface area contributed by atoms with Gasteiger partial charge in [0.25, 0.3) is 5.56 Å². The molecule has 0 fully saturated rings. The van der Waals surface area contributed by atoms with Gasteiger partial charge in [0.2, 0.25) is 0 Å². The molecule has 3 aromatic heterocycles. The van der Waals surface area contributed by atoms with Gasteiger partial charge in [0.05, 0.1) is 18.3 Å². The van der Waals surface area contributed by atoms with Gasteiger partial charge in [-0.3, -0.25) is 9.89 Å². The van der Waals surface area contributed by atoms with Crippen LogP contribution in [0.1, 0.15) is 4.88 Å². The van der Waals surface area contributed by atoms with Gasteiger partial charge in [-0.2, -0.15) is 5.10 Å². The maximum atomic E-state index is 12.1. The van der Waals surface area contributed by atoms with Crippen LogP contribution in [-0.4, -0.2) is 14.8 Å². The summed E-state index contributed by atoms with van der Waals surface area (Å²) in [5.74, 6) is 0. The highest BCUT2D eigenvalue weighted by molar-refractivity contribution is 9.10. The number of nitrogens with one attached hydrogen (secondary N) is 1. The molecule has 4 aromatic rings. The van der Waals surface area contributed by atoms with Gasteiger partial charge in [0, 0.05) is 32.4 Å². The summed E-state index contributed by atoms with van der Waals surface area (Å²) < 4.78 is 2.79. The highest BCUT2D eigenvalue weighted by Gasteiger charge is 2.05. The highest BCUT2D eigenvalue weighted by atomic mass is 79.9. The van der Waals surface area contributed by atoms with Crippen molar-refractivity contribution in [3.05, 3.63) is 73.9 Å². The summed E-state index contributed by atoms with van der Waals surface area (Å²) in [5, 5.41) is 10.1. The summed E-state index contributed by atoms with van der Waals surface area (Å²) in [6, 6.07) is 11.6. The van der Waals surface area contributed by atoms with E-state index in [1.165, 1.54) is 0 Å². The summed E-state index contributed by atoms with van der Waals surface area (Å²) in [4.78, 5) is 13.3. The number of benzene rings is 1. The fourth-order valence-electron chi connectivity index (χ4n) is 2.55. The Bertz CT molecular complexity index is 1050. The first kappa shape index (κ1) is 14.4. The Kier molecular flexibility index (Phi) is 3.63.